The van der Waals surface area contributed by atoms with Gasteiger partial charge in [-0.1, -0.05) is 42.5 Å². The smallest absolute Gasteiger partial charge is 0.327 e. The Morgan fingerprint density at radius 3 is 2.40 bits per heavy atom. The van der Waals surface area contributed by atoms with Crippen molar-refractivity contribution in [3.63, 3.8) is 0 Å². The fourth-order valence-electron chi connectivity index (χ4n) is 4.14. The van der Waals surface area contributed by atoms with Gasteiger partial charge in [-0.05, 0) is 57.0 Å². The largest absolute Gasteiger partial charge is 0.463 e. The molecule has 238 valence electrons. The molecule has 45 heavy (non-hydrogen) atoms. The minimum Gasteiger partial charge on any atom is -0.463 e. The number of nitrogens with zero attached hydrogens (tertiary/aromatic N) is 3. The highest BCUT2D eigenvalue weighted by Gasteiger charge is 2.29. The van der Waals surface area contributed by atoms with E-state index in [0.717, 1.165) is 5.56 Å². The van der Waals surface area contributed by atoms with Gasteiger partial charge in [-0.2, -0.15) is 0 Å². The maximum absolute atomic E-state index is 13.1. The average molecular weight is 638 g/mol. The summed E-state index contributed by atoms with van der Waals surface area (Å²) < 4.78 is 44.3. The number of carbonyl (C=O) groups excluding carboxylic acids is 2. The van der Waals surface area contributed by atoms with E-state index < -0.39 is 52.4 Å². The Balaban J connectivity index is 1.46. The molecule has 0 saturated heterocycles. The number of aliphatic hydroxyl groups is 1. The number of benzene rings is 1. The Kier molecular flexibility index (Phi) is 10.8. The van der Waals surface area contributed by atoms with Crippen molar-refractivity contribution in [3.05, 3.63) is 84.2 Å². The Morgan fingerprint density at radius 2 is 1.69 bits per heavy atom. The van der Waals surface area contributed by atoms with Crippen LogP contribution in [0.3, 0.4) is 0 Å². The number of aromatic nitrogens is 3. The first kappa shape index (κ1) is 33.4. The van der Waals surface area contributed by atoms with E-state index in [2.05, 4.69) is 25.0 Å². The second-order valence-corrected chi connectivity index (χ2v) is 12.8. The summed E-state index contributed by atoms with van der Waals surface area (Å²) in [5.74, 6) is -3.20. The van der Waals surface area contributed by atoms with Crippen LogP contribution >= 0.6 is 0 Å². The normalized spacial score (nSPS) is 13.2. The molecular formula is C31H35N5O8S. The molecule has 0 aliphatic carbocycles. The van der Waals surface area contributed by atoms with Crippen molar-refractivity contribution in [1.82, 2.24) is 20.3 Å². The summed E-state index contributed by atoms with van der Waals surface area (Å²) in [7, 11) is -4.35. The van der Waals surface area contributed by atoms with Crippen LogP contribution in [0.5, 0.6) is 0 Å². The Hall–Kier alpha value is -4.50. The molecule has 0 aliphatic rings. The van der Waals surface area contributed by atoms with Gasteiger partial charge in [0.2, 0.25) is 16.4 Å². The number of hydrogen-bond donors (Lipinski definition) is 3. The fourth-order valence-corrected chi connectivity index (χ4v) is 5.05. The van der Waals surface area contributed by atoms with Crippen LogP contribution in [-0.4, -0.2) is 70.8 Å². The summed E-state index contributed by atoms with van der Waals surface area (Å²) in [5, 5.41) is 13.4. The van der Waals surface area contributed by atoms with Crippen LogP contribution in [0.4, 0.5) is 5.82 Å². The molecule has 3 N–H and O–H groups in total. The first-order chi connectivity index (χ1) is 21.3. The fraction of sp³-hybridized carbons (Fsp3) is 0.323. The molecule has 4 rings (SSSR count). The molecule has 14 heteroatoms. The predicted octanol–water partition coefficient (Wildman–Crippen LogP) is 3.08. The average Bonchev–Trinajstić information content (AvgIpc) is 2.97. The molecular weight excluding hydrogens is 602 g/mol. The molecule has 4 aromatic rings. The van der Waals surface area contributed by atoms with Gasteiger partial charge in [0, 0.05) is 17.8 Å². The third-order valence-electron chi connectivity index (χ3n) is 6.13. The summed E-state index contributed by atoms with van der Waals surface area (Å²) >= 11 is 0. The first-order valence-electron chi connectivity index (χ1n) is 14.0. The molecule has 2 atom stereocenters. The number of anilines is 1. The molecule has 0 amide bonds. The summed E-state index contributed by atoms with van der Waals surface area (Å²) in [5.41, 5.74) is 2.00. The van der Waals surface area contributed by atoms with E-state index in [1.54, 1.807) is 75.5 Å². The van der Waals surface area contributed by atoms with E-state index in [-0.39, 0.29) is 17.9 Å². The van der Waals surface area contributed by atoms with Crippen LogP contribution in [0.15, 0.2) is 73.1 Å². The van der Waals surface area contributed by atoms with Gasteiger partial charge in [-0.25, -0.2) is 13.4 Å². The van der Waals surface area contributed by atoms with Gasteiger partial charge < -0.3 is 19.3 Å². The van der Waals surface area contributed by atoms with Crippen LogP contribution in [0.2, 0.25) is 0 Å². The van der Waals surface area contributed by atoms with Gasteiger partial charge >= 0.3 is 11.9 Å². The molecule has 0 saturated carbocycles. The second kappa shape index (κ2) is 14.5. The Bertz CT molecular complexity index is 1750. The van der Waals surface area contributed by atoms with Gasteiger partial charge in [0.1, 0.15) is 24.8 Å². The highest BCUT2D eigenvalue weighted by molar-refractivity contribution is 7.93. The van der Waals surface area contributed by atoms with Gasteiger partial charge in [0.05, 0.1) is 17.0 Å². The monoisotopic (exact) mass is 637 g/mol. The molecule has 0 radical (unpaired) electrons. The molecule has 0 spiro atoms. The predicted molar refractivity (Wildman–Crippen MR) is 166 cm³/mol. The molecule has 1 aromatic carbocycles. The Labute approximate surface area is 261 Å². The third kappa shape index (κ3) is 10.0. The lowest BCUT2D eigenvalue weighted by atomic mass is 10.1. The number of ether oxygens (including phenoxy) is 3. The zero-order valence-electron chi connectivity index (χ0n) is 25.3. The van der Waals surface area contributed by atoms with Gasteiger partial charge in [0.25, 0.3) is 0 Å². The first-order valence-corrected chi connectivity index (χ1v) is 15.6. The molecule has 13 nitrogen and oxygen atoms in total. The molecule has 3 heterocycles. The maximum atomic E-state index is 13.1. The second-order valence-electron chi connectivity index (χ2n) is 11.0. The molecule has 3 aromatic heterocycles. The SMILES string of the molecule is Cc1cccnc1-c1cc2cccnc2c(NS(=O)(=O)CC(=O)OCC(NC(O)OC(C)(C)C)C(=O)OCc2ccccc2)n1. The van der Waals surface area contributed by atoms with Crippen molar-refractivity contribution in [3.8, 4) is 11.4 Å². The van der Waals surface area contributed by atoms with E-state index in [9.17, 15) is 23.1 Å². The number of aryl methyl sites for hydroxylation is 1. The third-order valence-corrected chi connectivity index (χ3v) is 7.25. The van der Waals surface area contributed by atoms with E-state index in [0.29, 0.717) is 22.3 Å². The topological polar surface area (TPSA) is 179 Å². The molecule has 2 unspecified atom stereocenters. The van der Waals surface area contributed by atoms with Crippen LogP contribution in [0.1, 0.15) is 31.9 Å². The summed E-state index contributed by atoms with van der Waals surface area (Å²) in [6.07, 6.45) is 1.47. The molecule has 0 fully saturated rings. The van der Waals surface area contributed by atoms with Crippen LogP contribution in [0.25, 0.3) is 22.3 Å². The van der Waals surface area contributed by atoms with Crippen LogP contribution in [-0.2, 0) is 40.4 Å². The van der Waals surface area contributed by atoms with Gasteiger partial charge in [-0.15, -0.1) is 0 Å². The minimum absolute atomic E-state index is 0.0770. The number of fused-ring (bicyclic) bond motifs is 1. The van der Waals surface area contributed by atoms with Gasteiger partial charge in [0.15, 0.2) is 11.6 Å². The number of pyridine rings is 3. The van der Waals surface area contributed by atoms with E-state index in [4.69, 9.17) is 14.2 Å². The molecule has 0 aliphatic heterocycles. The number of aliphatic hydroxyl groups excluding tert-OH is 1. The number of carbonyl (C=O) groups is 2. The van der Waals surface area contributed by atoms with Crippen molar-refractivity contribution in [1.29, 1.82) is 0 Å². The van der Waals surface area contributed by atoms with Crippen molar-refractivity contribution in [2.75, 3.05) is 17.1 Å². The van der Waals surface area contributed by atoms with Crippen LogP contribution in [0, 0.1) is 6.92 Å². The standard InChI is InChI=1S/C31H35N5O8S/c1-20-10-8-14-32-26(20)23-16-22-13-9-15-33-27(22)28(34-23)36-45(40,41)19-25(37)42-18-24(35-30(39)44-31(2,3)4)29(38)43-17-21-11-6-5-7-12-21/h5-16,24,30,35,39H,17-19H2,1-4H3,(H,34,36). The van der Waals surface area contributed by atoms with Crippen molar-refractivity contribution >= 4 is 38.7 Å². The highest BCUT2D eigenvalue weighted by atomic mass is 32.2. The van der Waals surface area contributed by atoms with Crippen molar-refractivity contribution < 1.29 is 37.3 Å². The highest BCUT2D eigenvalue weighted by Crippen LogP contribution is 2.27. The number of hydrogen-bond acceptors (Lipinski definition) is 12. The number of sulfonamides is 1. The number of rotatable bonds is 13. The van der Waals surface area contributed by atoms with Crippen LogP contribution < -0.4 is 10.0 Å². The summed E-state index contributed by atoms with van der Waals surface area (Å²) in [6, 6.07) is 16.3. The maximum Gasteiger partial charge on any atom is 0.327 e. The molecule has 0 bridgehead atoms. The minimum atomic E-state index is -4.35. The van der Waals surface area contributed by atoms with E-state index >= 15 is 0 Å². The summed E-state index contributed by atoms with van der Waals surface area (Å²) in [4.78, 5) is 38.6. The zero-order valence-corrected chi connectivity index (χ0v) is 26.1. The lowest BCUT2D eigenvalue weighted by molar-refractivity contribution is -0.193. The quantitative estimate of drug-likeness (QED) is 0.144. The van der Waals surface area contributed by atoms with Crippen molar-refractivity contribution in [2.45, 2.75) is 52.4 Å². The number of esters is 2. The lowest BCUT2D eigenvalue weighted by Crippen LogP contribution is -2.50. The number of nitrogens with one attached hydrogen (secondary N) is 2. The van der Waals surface area contributed by atoms with Crippen molar-refractivity contribution in [2.24, 2.45) is 0 Å². The lowest BCUT2D eigenvalue weighted by Gasteiger charge is -2.27. The zero-order chi connectivity index (χ0) is 32.6. The van der Waals surface area contributed by atoms with Gasteiger partial charge in [-0.3, -0.25) is 29.6 Å². The summed E-state index contributed by atoms with van der Waals surface area (Å²) in [6.45, 7) is 6.21. The van der Waals surface area contributed by atoms with E-state index in [1.807, 2.05) is 19.1 Å². The Morgan fingerprint density at radius 1 is 0.978 bits per heavy atom. The van der Waals surface area contributed by atoms with E-state index in [1.165, 1.54) is 6.20 Å².